The quantitative estimate of drug-likeness (QED) is 0.363. The number of nitro groups is 1. The van der Waals surface area contributed by atoms with Crippen LogP contribution < -0.4 is 0 Å². The van der Waals surface area contributed by atoms with Gasteiger partial charge in [-0.05, 0) is 31.1 Å². The molecule has 1 heterocycles. The average Bonchev–Trinajstić information content (AvgIpc) is 2.40. The van der Waals surface area contributed by atoms with Gasteiger partial charge in [-0.3, -0.25) is 10.1 Å². The first-order chi connectivity index (χ1) is 8.66. The summed E-state index contributed by atoms with van der Waals surface area (Å²) in [7, 11) is 1.98. The summed E-state index contributed by atoms with van der Waals surface area (Å²) in [5.74, 6) is 0. The summed E-state index contributed by atoms with van der Waals surface area (Å²) in [6.45, 7) is 1.35. The van der Waals surface area contributed by atoms with Gasteiger partial charge in [-0.15, -0.1) is 0 Å². The van der Waals surface area contributed by atoms with Gasteiger partial charge in [0.2, 0.25) is 0 Å². The Bertz CT molecular complexity index is 447. The van der Waals surface area contributed by atoms with Crippen molar-refractivity contribution in [3.05, 3.63) is 46.5 Å². The average molecular weight is 266 g/mol. The lowest BCUT2D eigenvalue weighted by atomic mass is 10.2. The number of nitrogens with zero attached hydrogens (tertiary/aromatic N) is 2. The maximum absolute atomic E-state index is 10.5. The van der Waals surface area contributed by atoms with Gasteiger partial charge in [-0.1, -0.05) is 12.2 Å². The summed E-state index contributed by atoms with van der Waals surface area (Å²) in [6.07, 6.45) is 4.11. The molecule has 0 aromatic heterocycles. The van der Waals surface area contributed by atoms with Crippen LogP contribution in [0.3, 0.4) is 0 Å². The summed E-state index contributed by atoms with van der Waals surface area (Å²) in [4.78, 5) is 11.1. The molecule has 0 radical (unpaired) electrons. The second kappa shape index (κ2) is 5.99. The lowest BCUT2D eigenvalue weighted by Gasteiger charge is -2.26. The normalized spacial score (nSPS) is 19.1. The first kappa shape index (κ1) is 13.1. The molecular formula is C12H14N2O3S. The second-order valence-electron chi connectivity index (χ2n) is 3.92. The van der Waals surface area contributed by atoms with Gasteiger partial charge in [0, 0.05) is 17.0 Å². The van der Waals surface area contributed by atoms with Crippen LogP contribution in [0.5, 0.6) is 0 Å². The van der Waals surface area contributed by atoms with Crippen LogP contribution in [0.15, 0.2) is 41.3 Å². The Morgan fingerprint density at radius 2 is 2.17 bits per heavy atom. The Balaban J connectivity index is 1.98. The summed E-state index contributed by atoms with van der Waals surface area (Å²) < 4.78 is 7.44. The van der Waals surface area contributed by atoms with Gasteiger partial charge in [-0.25, -0.2) is 4.31 Å². The number of hydrogen-bond acceptors (Lipinski definition) is 5. The van der Waals surface area contributed by atoms with E-state index in [2.05, 4.69) is 10.4 Å². The molecule has 0 saturated carbocycles. The number of benzene rings is 1. The zero-order valence-electron chi connectivity index (χ0n) is 9.98. The highest BCUT2D eigenvalue weighted by atomic mass is 32.2. The molecule has 1 atom stereocenters. The van der Waals surface area contributed by atoms with E-state index in [0.29, 0.717) is 13.2 Å². The van der Waals surface area contributed by atoms with Gasteiger partial charge in [0.25, 0.3) is 5.69 Å². The molecule has 0 spiro atoms. The Kier molecular flexibility index (Phi) is 4.35. The number of hydrogen-bond donors (Lipinski definition) is 0. The van der Waals surface area contributed by atoms with Gasteiger partial charge in [0.05, 0.1) is 24.2 Å². The molecule has 1 unspecified atom stereocenters. The van der Waals surface area contributed by atoms with E-state index in [0.717, 1.165) is 4.90 Å². The highest BCUT2D eigenvalue weighted by molar-refractivity contribution is 7.97. The van der Waals surface area contributed by atoms with Crippen molar-refractivity contribution >= 4 is 17.6 Å². The summed E-state index contributed by atoms with van der Waals surface area (Å²) in [5, 5.41) is 10.5. The minimum absolute atomic E-state index is 0.114. The Morgan fingerprint density at radius 1 is 1.44 bits per heavy atom. The Hall–Kier alpha value is -1.37. The topological polar surface area (TPSA) is 55.6 Å². The van der Waals surface area contributed by atoms with E-state index >= 15 is 0 Å². The van der Waals surface area contributed by atoms with Crippen LogP contribution in [0, 0.1) is 10.1 Å². The molecule has 2 rings (SSSR count). The van der Waals surface area contributed by atoms with Gasteiger partial charge < -0.3 is 4.74 Å². The lowest BCUT2D eigenvalue weighted by Crippen LogP contribution is -2.31. The van der Waals surface area contributed by atoms with Crippen molar-refractivity contribution in [3.63, 3.8) is 0 Å². The van der Waals surface area contributed by atoms with Crippen LogP contribution in [0.25, 0.3) is 0 Å². The van der Waals surface area contributed by atoms with E-state index < -0.39 is 4.92 Å². The highest BCUT2D eigenvalue weighted by Crippen LogP contribution is 2.26. The molecule has 96 valence electrons. The smallest absolute Gasteiger partial charge is 0.269 e. The van der Waals surface area contributed by atoms with E-state index in [-0.39, 0.29) is 11.7 Å². The number of nitro benzene ring substituents is 1. The fourth-order valence-corrected chi connectivity index (χ4v) is 2.47. The molecule has 1 aliphatic heterocycles. The van der Waals surface area contributed by atoms with Crippen molar-refractivity contribution in [2.45, 2.75) is 10.9 Å². The Labute approximate surface area is 110 Å². The molecule has 6 heteroatoms. The lowest BCUT2D eigenvalue weighted by molar-refractivity contribution is -0.384. The highest BCUT2D eigenvalue weighted by Gasteiger charge is 2.15. The van der Waals surface area contributed by atoms with E-state index in [1.807, 2.05) is 13.1 Å². The zero-order chi connectivity index (χ0) is 13.0. The van der Waals surface area contributed by atoms with Crippen LogP contribution in [0.2, 0.25) is 0 Å². The molecule has 1 aromatic carbocycles. The van der Waals surface area contributed by atoms with Crippen LogP contribution in [-0.2, 0) is 4.74 Å². The van der Waals surface area contributed by atoms with Gasteiger partial charge >= 0.3 is 0 Å². The third-order valence-corrected chi connectivity index (χ3v) is 3.67. The van der Waals surface area contributed by atoms with E-state index in [9.17, 15) is 10.1 Å². The molecule has 0 amide bonds. The van der Waals surface area contributed by atoms with Crippen molar-refractivity contribution in [1.29, 1.82) is 0 Å². The molecule has 0 aliphatic carbocycles. The fraction of sp³-hybridized carbons (Fsp3) is 0.333. The fourth-order valence-electron chi connectivity index (χ4n) is 1.61. The molecule has 18 heavy (non-hydrogen) atoms. The molecule has 0 fully saturated rings. The third-order valence-electron chi connectivity index (χ3n) is 2.62. The number of ether oxygens (including phenoxy) is 1. The minimum atomic E-state index is -0.393. The molecule has 0 N–H and O–H groups in total. The summed E-state index contributed by atoms with van der Waals surface area (Å²) in [5.41, 5.74) is 0.114. The second-order valence-corrected chi connectivity index (χ2v) is 5.15. The maximum atomic E-state index is 10.5. The van der Waals surface area contributed by atoms with E-state index in [1.54, 1.807) is 24.1 Å². The minimum Gasteiger partial charge on any atom is -0.375 e. The third kappa shape index (κ3) is 3.32. The summed E-state index contributed by atoms with van der Waals surface area (Å²) in [6, 6.07) is 6.78. The molecule has 0 saturated heterocycles. The predicted molar refractivity (Wildman–Crippen MR) is 70.5 cm³/mol. The molecule has 0 bridgehead atoms. The van der Waals surface area contributed by atoms with Gasteiger partial charge in [0.1, 0.15) is 0 Å². The number of likely N-dealkylation sites (N-methyl/N-ethyl adjacent to an activating group) is 1. The predicted octanol–water partition coefficient (Wildman–Crippen LogP) is 2.49. The largest absolute Gasteiger partial charge is 0.375 e. The van der Waals surface area contributed by atoms with Gasteiger partial charge in [-0.2, -0.15) is 0 Å². The maximum Gasteiger partial charge on any atom is 0.269 e. The van der Waals surface area contributed by atoms with Crippen molar-refractivity contribution in [1.82, 2.24) is 4.31 Å². The first-order valence-corrected chi connectivity index (χ1v) is 6.34. The van der Waals surface area contributed by atoms with Crippen molar-refractivity contribution in [3.8, 4) is 0 Å². The van der Waals surface area contributed by atoms with E-state index in [4.69, 9.17) is 4.74 Å². The van der Waals surface area contributed by atoms with Gasteiger partial charge in [0.15, 0.2) is 0 Å². The standard InChI is InChI=1S/C12H14N2O3S/c1-13(11-3-2-8-17-9-11)18-12-6-4-10(5-7-12)14(15)16/h2-7,11H,8-9H2,1H3. The van der Waals surface area contributed by atoms with Crippen molar-refractivity contribution < 1.29 is 9.66 Å². The molecule has 5 nitrogen and oxygen atoms in total. The van der Waals surface area contributed by atoms with Crippen molar-refractivity contribution in [2.24, 2.45) is 0 Å². The van der Waals surface area contributed by atoms with E-state index in [1.165, 1.54) is 12.1 Å². The van der Waals surface area contributed by atoms with Crippen LogP contribution in [0.4, 0.5) is 5.69 Å². The Morgan fingerprint density at radius 3 is 2.72 bits per heavy atom. The number of rotatable bonds is 4. The molecule has 1 aromatic rings. The molecular weight excluding hydrogens is 252 g/mol. The van der Waals surface area contributed by atoms with Crippen molar-refractivity contribution in [2.75, 3.05) is 20.3 Å². The number of non-ortho nitro benzene ring substituents is 1. The summed E-state index contributed by atoms with van der Waals surface area (Å²) >= 11 is 1.55. The monoisotopic (exact) mass is 266 g/mol. The van der Waals surface area contributed by atoms with Crippen LogP contribution in [-0.4, -0.2) is 35.5 Å². The van der Waals surface area contributed by atoms with Crippen LogP contribution in [0.1, 0.15) is 0 Å². The van der Waals surface area contributed by atoms with Crippen LogP contribution >= 0.6 is 11.9 Å². The first-order valence-electron chi connectivity index (χ1n) is 5.56. The zero-order valence-corrected chi connectivity index (χ0v) is 10.8. The molecule has 1 aliphatic rings. The SMILES string of the molecule is CN(Sc1ccc([N+](=O)[O-])cc1)C1C=CCOC1.